The zero-order chi connectivity index (χ0) is 25.5. The fourth-order valence-electron chi connectivity index (χ4n) is 3.49. The van der Waals surface area contributed by atoms with Crippen LogP contribution in [0, 0.1) is 0 Å². The van der Waals surface area contributed by atoms with Crippen molar-refractivity contribution in [3.8, 4) is 0 Å². The van der Waals surface area contributed by atoms with E-state index >= 15 is 0 Å². The molecule has 0 unspecified atom stereocenters. The van der Waals surface area contributed by atoms with Gasteiger partial charge in [-0.15, -0.1) is 0 Å². The van der Waals surface area contributed by atoms with E-state index in [9.17, 15) is 19.2 Å². The van der Waals surface area contributed by atoms with Crippen LogP contribution in [0.4, 0.5) is 17.2 Å². The maximum absolute atomic E-state index is 12.9. The van der Waals surface area contributed by atoms with Crippen LogP contribution in [0.2, 0.25) is 5.02 Å². The van der Waals surface area contributed by atoms with Gasteiger partial charge in [-0.3, -0.25) is 23.9 Å². The minimum Gasteiger partial charge on any atom is -0.383 e. The maximum Gasteiger partial charge on any atom is 0.330 e. The van der Waals surface area contributed by atoms with E-state index < -0.39 is 23.1 Å². The Labute approximate surface area is 206 Å². The first kappa shape index (κ1) is 25.6. The van der Waals surface area contributed by atoms with Gasteiger partial charge in [-0.2, -0.15) is 0 Å². The largest absolute Gasteiger partial charge is 0.383 e. The normalized spacial score (nSPS) is 10.6. The molecule has 0 aliphatic rings. The van der Waals surface area contributed by atoms with Crippen LogP contribution in [0.1, 0.15) is 12.5 Å². The van der Waals surface area contributed by atoms with Gasteiger partial charge >= 0.3 is 5.69 Å². The minimum atomic E-state index is -0.689. The highest BCUT2D eigenvalue weighted by Gasteiger charge is 2.22. The van der Waals surface area contributed by atoms with Crippen LogP contribution in [0.3, 0.4) is 0 Å². The van der Waals surface area contributed by atoms with Gasteiger partial charge < -0.3 is 20.9 Å². The van der Waals surface area contributed by atoms with Gasteiger partial charge in [0.2, 0.25) is 11.8 Å². The van der Waals surface area contributed by atoms with E-state index in [-0.39, 0.29) is 37.7 Å². The van der Waals surface area contributed by atoms with Gasteiger partial charge in [0, 0.05) is 13.6 Å². The summed E-state index contributed by atoms with van der Waals surface area (Å²) in [4.78, 5) is 55.3. The molecule has 0 fully saturated rings. The van der Waals surface area contributed by atoms with Gasteiger partial charge in [-0.05, 0) is 24.6 Å². The summed E-state index contributed by atoms with van der Waals surface area (Å²) in [6.07, 6.45) is 0. The number of halogens is 1. The number of anilines is 3. The number of hydrogen-bond acceptors (Lipinski definition) is 6. The van der Waals surface area contributed by atoms with Crippen molar-refractivity contribution in [2.45, 2.75) is 13.5 Å². The molecule has 0 saturated heterocycles. The number of nitrogens with two attached hydrogens (primary N) is 1. The number of benzene rings is 2. The predicted molar refractivity (Wildman–Crippen MR) is 137 cm³/mol. The first-order valence-electron chi connectivity index (χ1n) is 10.9. The predicted octanol–water partition coefficient (Wildman–Crippen LogP) is 1.74. The zero-order valence-corrected chi connectivity index (χ0v) is 20.2. The third-order valence-corrected chi connectivity index (χ3v) is 5.71. The second-order valence-corrected chi connectivity index (χ2v) is 8.26. The second kappa shape index (κ2) is 11.4. The molecule has 11 heteroatoms. The minimum absolute atomic E-state index is 0.0188. The van der Waals surface area contributed by atoms with Crippen LogP contribution in [0.15, 0.2) is 64.2 Å². The molecule has 10 nitrogen and oxygen atoms in total. The molecule has 4 N–H and O–H groups in total. The smallest absolute Gasteiger partial charge is 0.330 e. The van der Waals surface area contributed by atoms with Crippen molar-refractivity contribution >= 4 is 40.6 Å². The molecule has 3 rings (SSSR count). The lowest BCUT2D eigenvalue weighted by atomic mass is 10.2. The van der Waals surface area contributed by atoms with Crippen LogP contribution in [-0.4, -0.2) is 52.9 Å². The standard InChI is InChI=1S/C24H27ClN6O4/c1-3-30(15-20(33)29(2)14-19(32)27-18-12-8-7-11-17(18)25)21-22(26)31(24(35)28-23(21)34)13-16-9-5-4-6-10-16/h4-12H,3,13-15,26H2,1-2H3,(H,27,32)(H,28,34,35). The van der Waals surface area contributed by atoms with Crippen LogP contribution in [0.25, 0.3) is 0 Å². The number of amides is 2. The summed E-state index contributed by atoms with van der Waals surface area (Å²) < 4.78 is 1.25. The lowest BCUT2D eigenvalue weighted by Crippen LogP contribution is -2.45. The number of aromatic amines is 1. The highest BCUT2D eigenvalue weighted by atomic mass is 35.5. The van der Waals surface area contributed by atoms with E-state index in [4.69, 9.17) is 17.3 Å². The lowest BCUT2D eigenvalue weighted by Gasteiger charge is -2.26. The number of hydrogen-bond donors (Lipinski definition) is 3. The number of rotatable bonds is 9. The number of H-pyrrole nitrogens is 1. The molecule has 2 amide bonds. The first-order chi connectivity index (χ1) is 16.7. The lowest BCUT2D eigenvalue weighted by molar-refractivity contribution is -0.132. The Morgan fingerprint density at radius 1 is 1.06 bits per heavy atom. The molecule has 2 aromatic carbocycles. The third kappa shape index (κ3) is 6.30. The average Bonchev–Trinajstić information content (AvgIpc) is 2.82. The van der Waals surface area contributed by atoms with Crippen molar-refractivity contribution in [2.24, 2.45) is 0 Å². The zero-order valence-electron chi connectivity index (χ0n) is 19.5. The summed E-state index contributed by atoms with van der Waals surface area (Å²) in [5, 5.41) is 3.04. The van der Waals surface area contributed by atoms with Gasteiger partial charge in [-0.25, -0.2) is 4.79 Å². The average molecular weight is 499 g/mol. The summed E-state index contributed by atoms with van der Waals surface area (Å²) in [5.41, 5.74) is 6.19. The number of nitrogens with zero attached hydrogens (tertiary/aromatic N) is 3. The van der Waals surface area contributed by atoms with E-state index in [1.165, 1.54) is 21.4 Å². The van der Waals surface area contributed by atoms with Crippen molar-refractivity contribution < 1.29 is 9.59 Å². The Bertz CT molecular complexity index is 1320. The Hall–Kier alpha value is -4.05. The maximum atomic E-state index is 12.9. The fourth-order valence-corrected chi connectivity index (χ4v) is 3.68. The van der Waals surface area contributed by atoms with E-state index in [2.05, 4.69) is 10.3 Å². The van der Waals surface area contributed by atoms with E-state index in [1.54, 1.807) is 31.2 Å². The molecule has 0 radical (unpaired) electrons. The number of likely N-dealkylation sites (N-methyl/N-ethyl adjacent to an activating group) is 2. The molecule has 1 aromatic heterocycles. The molecule has 0 bridgehead atoms. The number of nitrogens with one attached hydrogen (secondary N) is 2. The second-order valence-electron chi connectivity index (χ2n) is 7.86. The molecular formula is C24H27ClN6O4. The highest BCUT2D eigenvalue weighted by Crippen LogP contribution is 2.20. The summed E-state index contributed by atoms with van der Waals surface area (Å²) in [5.74, 6) is -0.886. The molecule has 1 heterocycles. The summed E-state index contributed by atoms with van der Waals surface area (Å²) in [7, 11) is 1.48. The molecule has 0 spiro atoms. The molecule has 0 saturated carbocycles. The highest BCUT2D eigenvalue weighted by molar-refractivity contribution is 6.33. The van der Waals surface area contributed by atoms with Gasteiger partial charge in [0.15, 0.2) is 0 Å². The Morgan fingerprint density at radius 2 is 1.71 bits per heavy atom. The molecule has 184 valence electrons. The molecule has 0 aliphatic heterocycles. The van der Waals surface area contributed by atoms with Crippen molar-refractivity contribution in [1.82, 2.24) is 14.5 Å². The van der Waals surface area contributed by atoms with Gasteiger partial charge in [0.05, 0.1) is 30.3 Å². The van der Waals surface area contributed by atoms with Crippen molar-refractivity contribution in [3.63, 3.8) is 0 Å². The van der Waals surface area contributed by atoms with E-state index in [0.29, 0.717) is 10.7 Å². The van der Waals surface area contributed by atoms with Crippen molar-refractivity contribution in [3.05, 3.63) is 86.0 Å². The fraction of sp³-hybridized carbons (Fsp3) is 0.250. The van der Waals surface area contributed by atoms with Gasteiger partial charge in [0.1, 0.15) is 11.5 Å². The van der Waals surface area contributed by atoms with Crippen LogP contribution >= 0.6 is 11.6 Å². The number of carbonyl (C=O) groups excluding carboxylic acids is 2. The van der Waals surface area contributed by atoms with Crippen LogP contribution in [-0.2, 0) is 16.1 Å². The molecule has 0 aliphatic carbocycles. The summed E-state index contributed by atoms with van der Waals surface area (Å²) in [6.45, 7) is 1.73. The van der Waals surface area contributed by atoms with Crippen LogP contribution < -0.4 is 27.2 Å². The Balaban J connectivity index is 1.75. The Morgan fingerprint density at radius 3 is 2.37 bits per heavy atom. The topological polar surface area (TPSA) is 134 Å². The third-order valence-electron chi connectivity index (χ3n) is 5.38. The number of para-hydroxylation sites is 1. The monoisotopic (exact) mass is 498 g/mol. The van der Waals surface area contributed by atoms with Crippen molar-refractivity contribution in [2.75, 3.05) is 42.6 Å². The van der Waals surface area contributed by atoms with E-state index in [1.807, 2.05) is 30.3 Å². The van der Waals surface area contributed by atoms with Gasteiger partial charge in [0.25, 0.3) is 5.56 Å². The van der Waals surface area contributed by atoms with Crippen molar-refractivity contribution in [1.29, 1.82) is 0 Å². The molecule has 35 heavy (non-hydrogen) atoms. The Kier molecular flexibility index (Phi) is 8.32. The molecule has 3 aromatic rings. The SMILES string of the molecule is CCN(CC(=O)N(C)CC(=O)Nc1ccccc1Cl)c1c(N)n(Cc2ccccc2)c(=O)[nH]c1=O. The van der Waals surface area contributed by atoms with E-state index in [0.717, 1.165) is 5.56 Å². The quantitative estimate of drug-likeness (QED) is 0.411. The summed E-state index contributed by atoms with van der Waals surface area (Å²) >= 11 is 6.06. The first-order valence-corrected chi connectivity index (χ1v) is 11.3. The number of nitrogen functional groups attached to an aromatic ring is 1. The number of aromatic nitrogens is 2. The molecule has 0 atom stereocenters. The summed E-state index contributed by atoms with van der Waals surface area (Å²) in [6, 6.07) is 15.9. The molecular weight excluding hydrogens is 472 g/mol. The number of carbonyl (C=O) groups is 2. The van der Waals surface area contributed by atoms with Gasteiger partial charge in [-0.1, -0.05) is 54.1 Å². The van der Waals surface area contributed by atoms with Crippen LogP contribution in [0.5, 0.6) is 0 Å².